The van der Waals surface area contributed by atoms with E-state index in [0.29, 0.717) is 13.0 Å². The highest BCUT2D eigenvalue weighted by atomic mass is 32.1. The zero-order valence-corrected chi connectivity index (χ0v) is 13.7. The summed E-state index contributed by atoms with van der Waals surface area (Å²) in [6.45, 7) is 0.690. The first-order valence-electron chi connectivity index (χ1n) is 7.83. The van der Waals surface area contributed by atoms with Gasteiger partial charge in [0.1, 0.15) is 16.6 Å². The van der Waals surface area contributed by atoms with Gasteiger partial charge < -0.3 is 10.1 Å². The lowest BCUT2D eigenvalue weighted by Crippen LogP contribution is -2.20. The number of benzene rings is 2. The fourth-order valence-corrected chi connectivity index (χ4v) is 3.63. The van der Waals surface area contributed by atoms with Crippen molar-refractivity contribution >= 4 is 16.5 Å². The molecule has 1 aromatic heterocycles. The molecule has 0 aliphatic carbocycles. The molecular weight excluding hydrogens is 325 g/mol. The van der Waals surface area contributed by atoms with Crippen LogP contribution in [-0.2, 0) is 6.42 Å². The predicted molar refractivity (Wildman–Crippen MR) is 92.0 cm³/mol. The van der Waals surface area contributed by atoms with E-state index in [9.17, 15) is 4.39 Å². The van der Waals surface area contributed by atoms with E-state index in [2.05, 4.69) is 21.6 Å². The second-order valence-electron chi connectivity index (χ2n) is 5.68. The number of anilines is 1. The molecule has 1 atom stereocenters. The van der Waals surface area contributed by atoms with Crippen LogP contribution in [0.5, 0.6) is 5.75 Å². The second-order valence-corrected chi connectivity index (χ2v) is 6.74. The molecule has 1 aliphatic rings. The minimum atomic E-state index is -0.225. The first kappa shape index (κ1) is 15.1. The average molecular weight is 341 g/mol. The molecule has 0 saturated carbocycles. The van der Waals surface area contributed by atoms with Gasteiger partial charge >= 0.3 is 0 Å². The minimum Gasteiger partial charge on any atom is -0.493 e. The largest absolute Gasteiger partial charge is 0.493 e. The van der Waals surface area contributed by atoms with Gasteiger partial charge in [0.05, 0.1) is 12.6 Å². The second kappa shape index (κ2) is 6.57. The van der Waals surface area contributed by atoms with Gasteiger partial charge in [-0.2, -0.15) is 0 Å². The van der Waals surface area contributed by atoms with E-state index in [1.165, 1.54) is 23.5 Å². The maximum atomic E-state index is 13.0. The van der Waals surface area contributed by atoms with Gasteiger partial charge in [0, 0.05) is 18.4 Å². The quantitative estimate of drug-likeness (QED) is 0.772. The Balaban J connectivity index is 1.47. The molecule has 24 heavy (non-hydrogen) atoms. The van der Waals surface area contributed by atoms with Crippen LogP contribution in [0.3, 0.4) is 0 Å². The number of hydrogen-bond donors (Lipinski definition) is 1. The molecule has 0 fully saturated rings. The average Bonchev–Trinajstić information content (AvgIpc) is 3.04. The highest BCUT2D eigenvalue weighted by Gasteiger charge is 2.22. The molecule has 1 unspecified atom stereocenters. The monoisotopic (exact) mass is 341 g/mol. The van der Waals surface area contributed by atoms with Crippen molar-refractivity contribution in [2.24, 2.45) is 0 Å². The molecule has 0 radical (unpaired) electrons. The number of ether oxygens (including phenoxy) is 1. The molecule has 0 saturated heterocycles. The molecule has 0 bridgehead atoms. The molecule has 0 spiro atoms. The molecule has 0 amide bonds. The molecule has 122 valence electrons. The maximum absolute atomic E-state index is 13.0. The number of hydrogen-bond acceptors (Lipinski definition) is 5. The smallest absolute Gasteiger partial charge is 0.206 e. The van der Waals surface area contributed by atoms with Crippen LogP contribution in [0.25, 0.3) is 0 Å². The molecule has 6 heteroatoms. The summed E-state index contributed by atoms with van der Waals surface area (Å²) in [5, 5.41) is 13.6. The van der Waals surface area contributed by atoms with Crippen LogP contribution in [-0.4, -0.2) is 16.8 Å². The summed E-state index contributed by atoms with van der Waals surface area (Å²) in [5.41, 5.74) is 2.18. The fraction of sp³-hybridized carbons (Fsp3) is 0.222. The zero-order chi connectivity index (χ0) is 16.4. The van der Waals surface area contributed by atoms with Gasteiger partial charge in [-0.05, 0) is 23.8 Å². The lowest BCUT2D eigenvalue weighted by atomic mass is 10.0. The topological polar surface area (TPSA) is 47.0 Å². The SMILES string of the molecule is Fc1ccc(Cc2nnc(NC3CCOc4ccccc43)s2)cc1. The molecule has 4 rings (SSSR count). The van der Waals surface area contributed by atoms with Crippen LogP contribution < -0.4 is 10.1 Å². The number of para-hydroxylation sites is 1. The van der Waals surface area contributed by atoms with Crippen molar-refractivity contribution in [3.63, 3.8) is 0 Å². The van der Waals surface area contributed by atoms with Crippen molar-refractivity contribution in [2.45, 2.75) is 18.9 Å². The predicted octanol–water partition coefficient (Wildman–Crippen LogP) is 4.20. The molecular formula is C18H16FN3OS. The van der Waals surface area contributed by atoms with Gasteiger partial charge in [0.15, 0.2) is 0 Å². The van der Waals surface area contributed by atoms with E-state index in [0.717, 1.165) is 33.4 Å². The number of halogens is 1. The van der Waals surface area contributed by atoms with Crippen LogP contribution in [0.2, 0.25) is 0 Å². The Labute approximate surface area is 143 Å². The van der Waals surface area contributed by atoms with E-state index in [1.807, 2.05) is 18.2 Å². The molecule has 2 aromatic carbocycles. The molecule has 2 heterocycles. The van der Waals surface area contributed by atoms with E-state index in [1.54, 1.807) is 12.1 Å². The Bertz CT molecular complexity index is 834. The first-order chi connectivity index (χ1) is 11.8. The minimum absolute atomic E-state index is 0.182. The summed E-state index contributed by atoms with van der Waals surface area (Å²) in [6, 6.07) is 14.7. The van der Waals surface area contributed by atoms with Crippen LogP contribution >= 0.6 is 11.3 Å². The summed E-state index contributed by atoms with van der Waals surface area (Å²) < 4.78 is 18.6. The highest BCUT2D eigenvalue weighted by molar-refractivity contribution is 7.15. The van der Waals surface area contributed by atoms with Crippen molar-refractivity contribution < 1.29 is 9.13 Å². The van der Waals surface area contributed by atoms with E-state index < -0.39 is 0 Å². The van der Waals surface area contributed by atoms with E-state index in [4.69, 9.17) is 4.74 Å². The van der Waals surface area contributed by atoms with Crippen molar-refractivity contribution in [2.75, 3.05) is 11.9 Å². The molecule has 1 aliphatic heterocycles. The van der Waals surface area contributed by atoms with Gasteiger partial charge in [-0.1, -0.05) is 41.7 Å². The number of rotatable bonds is 4. The summed E-state index contributed by atoms with van der Waals surface area (Å²) in [6.07, 6.45) is 1.55. The number of fused-ring (bicyclic) bond motifs is 1. The molecule has 4 nitrogen and oxygen atoms in total. The third-order valence-electron chi connectivity index (χ3n) is 3.99. The van der Waals surface area contributed by atoms with Crippen molar-refractivity contribution in [3.05, 3.63) is 70.5 Å². The highest BCUT2D eigenvalue weighted by Crippen LogP contribution is 2.34. The first-order valence-corrected chi connectivity index (χ1v) is 8.65. The van der Waals surface area contributed by atoms with Gasteiger partial charge in [-0.25, -0.2) is 4.39 Å². The third-order valence-corrected chi connectivity index (χ3v) is 4.85. The standard InChI is InChI=1S/C18H16FN3OS/c19-13-7-5-12(6-8-13)11-17-21-22-18(24-17)20-15-9-10-23-16-4-2-1-3-14(15)16/h1-8,15H,9-11H2,(H,20,22). The number of aromatic nitrogens is 2. The Hall–Kier alpha value is -2.47. The third kappa shape index (κ3) is 3.23. The summed E-state index contributed by atoms with van der Waals surface area (Å²) in [5.74, 6) is 0.703. The van der Waals surface area contributed by atoms with Crippen LogP contribution in [0.1, 0.15) is 28.6 Å². The number of nitrogens with zero attached hydrogens (tertiary/aromatic N) is 2. The van der Waals surface area contributed by atoms with Crippen molar-refractivity contribution in [1.82, 2.24) is 10.2 Å². The Morgan fingerprint density at radius 1 is 1.12 bits per heavy atom. The van der Waals surface area contributed by atoms with Gasteiger partial charge in [0.2, 0.25) is 5.13 Å². The van der Waals surface area contributed by atoms with Crippen molar-refractivity contribution in [3.8, 4) is 5.75 Å². The van der Waals surface area contributed by atoms with E-state index in [-0.39, 0.29) is 11.9 Å². The van der Waals surface area contributed by atoms with Crippen LogP contribution in [0, 0.1) is 5.82 Å². The van der Waals surface area contributed by atoms with E-state index >= 15 is 0 Å². The Morgan fingerprint density at radius 2 is 1.96 bits per heavy atom. The van der Waals surface area contributed by atoms with Crippen LogP contribution in [0.4, 0.5) is 9.52 Å². The van der Waals surface area contributed by atoms with Crippen molar-refractivity contribution in [1.29, 1.82) is 0 Å². The van der Waals surface area contributed by atoms with Crippen LogP contribution in [0.15, 0.2) is 48.5 Å². The zero-order valence-electron chi connectivity index (χ0n) is 12.9. The van der Waals surface area contributed by atoms with Gasteiger partial charge in [-0.15, -0.1) is 10.2 Å². The number of nitrogens with one attached hydrogen (secondary N) is 1. The summed E-state index contributed by atoms with van der Waals surface area (Å²) in [7, 11) is 0. The van der Waals surface area contributed by atoms with Gasteiger partial charge in [-0.3, -0.25) is 0 Å². The lowest BCUT2D eigenvalue weighted by molar-refractivity contribution is 0.274. The van der Waals surface area contributed by atoms with Gasteiger partial charge in [0.25, 0.3) is 0 Å². The summed E-state index contributed by atoms with van der Waals surface area (Å²) >= 11 is 1.53. The Kier molecular flexibility index (Phi) is 4.13. The summed E-state index contributed by atoms with van der Waals surface area (Å²) in [4.78, 5) is 0. The lowest BCUT2D eigenvalue weighted by Gasteiger charge is -2.26. The normalized spacial score (nSPS) is 16.3. The maximum Gasteiger partial charge on any atom is 0.206 e. The molecule has 3 aromatic rings. The molecule has 1 N–H and O–H groups in total. The Morgan fingerprint density at radius 3 is 2.83 bits per heavy atom. The fourth-order valence-electron chi connectivity index (χ4n) is 2.80.